The molecule has 2 N–H and O–H groups in total. The lowest BCUT2D eigenvalue weighted by Gasteiger charge is -2.02. The average molecular weight is 262 g/mol. The van der Waals surface area contributed by atoms with Gasteiger partial charge in [-0.15, -0.1) is 11.3 Å². The van der Waals surface area contributed by atoms with Crippen LogP contribution in [-0.2, 0) is 0 Å². The molecule has 78 valence electrons. The predicted octanol–water partition coefficient (Wildman–Crippen LogP) is 4.44. The minimum absolute atomic E-state index is 0.383. The van der Waals surface area contributed by atoms with E-state index in [0.29, 0.717) is 25.5 Å². The van der Waals surface area contributed by atoms with Crippen molar-refractivity contribution in [3.63, 3.8) is 0 Å². The van der Waals surface area contributed by atoms with Gasteiger partial charge in [0.25, 0.3) is 0 Å². The Morgan fingerprint density at radius 3 is 2.40 bits per heavy atom. The van der Waals surface area contributed by atoms with E-state index in [2.05, 4.69) is 0 Å². The normalized spacial score (nSPS) is 10.6. The van der Waals surface area contributed by atoms with Crippen molar-refractivity contribution in [1.29, 1.82) is 0 Å². The fraction of sp³-hybridized carbons (Fsp3) is 0. The number of nitrogen functional groups attached to an aromatic ring is 1. The molecule has 2 aromatic rings. The lowest BCUT2D eigenvalue weighted by molar-refractivity contribution is 0.632. The standard InChI is InChI=1S/C10H6Cl2FNS/c11-9-4-7(10(12)15-9)6-2-1-5(14)3-8(6)13/h1-4H,14H2. The zero-order chi connectivity index (χ0) is 11.0. The van der Waals surface area contributed by atoms with E-state index in [1.807, 2.05) is 0 Å². The molecule has 2 rings (SSSR count). The summed E-state index contributed by atoms with van der Waals surface area (Å²) in [5.41, 5.74) is 6.85. The summed E-state index contributed by atoms with van der Waals surface area (Å²) in [6, 6.07) is 6.12. The van der Waals surface area contributed by atoms with Gasteiger partial charge in [0, 0.05) is 16.8 Å². The summed E-state index contributed by atoms with van der Waals surface area (Å²) < 4.78 is 14.6. The van der Waals surface area contributed by atoms with Crippen molar-refractivity contribution >= 4 is 40.2 Å². The van der Waals surface area contributed by atoms with Crippen LogP contribution in [0.2, 0.25) is 8.67 Å². The van der Waals surface area contributed by atoms with Gasteiger partial charge in [0.1, 0.15) is 10.2 Å². The summed E-state index contributed by atoms with van der Waals surface area (Å²) in [6.45, 7) is 0. The SMILES string of the molecule is Nc1ccc(-c2cc(Cl)sc2Cl)c(F)c1. The molecule has 5 heteroatoms. The number of rotatable bonds is 1. The molecule has 0 radical (unpaired) electrons. The largest absolute Gasteiger partial charge is 0.399 e. The maximum atomic E-state index is 13.5. The third-order valence-electron chi connectivity index (χ3n) is 1.94. The van der Waals surface area contributed by atoms with Gasteiger partial charge in [-0.1, -0.05) is 23.2 Å². The molecule has 0 saturated heterocycles. The number of nitrogens with two attached hydrogens (primary N) is 1. The Hall–Kier alpha value is -0.770. The van der Waals surface area contributed by atoms with Crippen LogP contribution in [0.3, 0.4) is 0 Å². The summed E-state index contributed by atoms with van der Waals surface area (Å²) in [6.07, 6.45) is 0. The molecule has 0 fully saturated rings. The van der Waals surface area contributed by atoms with Crippen molar-refractivity contribution in [1.82, 2.24) is 0 Å². The topological polar surface area (TPSA) is 26.0 Å². The van der Waals surface area contributed by atoms with Crippen LogP contribution in [0.1, 0.15) is 0 Å². The fourth-order valence-corrected chi connectivity index (χ4v) is 2.77. The van der Waals surface area contributed by atoms with E-state index in [0.717, 1.165) is 0 Å². The van der Waals surface area contributed by atoms with Crippen LogP contribution < -0.4 is 5.73 Å². The molecule has 1 nitrogen and oxygen atoms in total. The van der Waals surface area contributed by atoms with E-state index in [1.54, 1.807) is 18.2 Å². The second-order valence-corrected chi connectivity index (χ2v) is 5.26. The van der Waals surface area contributed by atoms with Gasteiger partial charge in [-0.3, -0.25) is 0 Å². The van der Waals surface area contributed by atoms with Crippen LogP contribution in [0.5, 0.6) is 0 Å². The van der Waals surface area contributed by atoms with Gasteiger partial charge in [-0.2, -0.15) is 0 Å². The Labute approximate surface area is 100 Å². The molecule has 0 spiro atoms. The molecular formula is C10H6Cl2FNS. The Morgan fingerprint density at radius 2 is 1.87 bits per heavy atom. The third kappa shape index (κ3) is 2.09. The molecule has 15 heavy (non-hydrogen) atoms. The van der Waals surface area contributed by atoms with Crippen molar-refractivity contribution < 1.29 is 4.39 Å². The molecule has 1 aromatic carbocycles. The third-order valence-corrected chi connectivity index (χ3v) is 3.43. The Bertz CT molecular complexity index is 510. The lowest BCUT2D eigenvalue weighted by Crippen LogP contribution is -1.88. The minimum atomic E-state index is -0.397. The Balaban J connectivity index is 2.59. The van der Waals surface area contributed by atoms with Crippen molar-refractivity contribution in [3.05, 3.63) is 38.8 Å². The Kier molecular flexibility index (Phi) is 2.87. The summed E-state index contributed by atoms with van der Waals surface area (Å²) in [5, 5.41) is 0. The van der Waals surface area contributed by atoms with Gasteiger partial charge in [0.15, 0.2) is 0 Å². The molecule has 0 bridgehead atoms. The maximum absolute atomic E-state index is 13.5. The van der Waals surface area contributed by atoms with Gasteiger partial charge in [-0.25, -0.2) is 4.39 Å². The van der Waals surface area contributed by atoms with Crippen LogP contribution in [0.15, 0.2) is 24.3 Å². The van der Waals surface area contributed by atoms with Gasteiger partial charge in [0.2, 0.25) is 0 Å². The van der Waals surface area contributed by atoms with E-state index in [-0.39, 0.29) is 0 Å². The van der Waals surface area contributed by atoms with Crippen molar-refractivity contribution in [2.75, 3.05) is 5.73 Å². The Morgan fingerprint density at radius 1 is 1.13 bits per heavy atom. The molecular weight excluding hydrogens is 256 g/mol. The number of hydrogen-bond acceptors (Lipinski definition) is 2. The molecule has 0 amide bonds. The highest BCUT2D eigenvalue weighted by Crippen LogP contribution is 2.39. The number of thiophene rings is 1. The van der Waals surface area contributed by atoms with Crippen LogP contribution in [0, 0.1) is 5.82 Å². The first-order valence-electron chi connectivity index (χ1n) is 4.08. The lowest BCUT2D eigenvalue weighted by atomic mass is 10.1. The van der Waals surface area contributed by atoms with Crippen LogP contribution in [0.25, 0.3) is 11.1 Å². The number of halogens is 3. The second kappa shape index (κ2) is 4.00. The zero-order valence-corrected chi connectivity index (χ0v) is 9.76. The van der Waals surface area contributed by atoms with E-state index >= 15 is 0 Å². The molecule has 0 aliphatic heterocycles. The smallest absolute Gasteiger partial charge is 0.133 e. The van der Waals surface area contributed by atoms with E-state index in [1.165, 1.54) is 17.4 Å². The van der Waals surface area contributed by atoms with Gasteiger partial charge >= 0.3 is 0 Å². The monoisotopic (exact) mass is 261 g/mol. The summed E-state index contributed by atoms with van der Waals surface area (Å²) in [7, 11) is 0. The van der Waals surface area contributed by atoms with E-state index in [4.69, 9.17) is 28.9 Å². The van der Waals surface area contributed by atoms with Crippen molar-refractivity contribution in [3.8, 4) is 11.1 Å². The minimum Gasteiger partial charge on any atom is -0.399 e. The molecule has 1 heterocycles. The highest BCUT2D eigenvalue weighted by atomic mass is 35.5. The summed E-state index contributed by atoms with van der Waals surface area (Å²) in [5.74, 6) is -0.397. The van der Waals surface area contributed by atoms with Crippen LogP contribution >= 0.6 is 34.5 Å². The first kappa shape index (κ1) is 10.7. The number of anilines is 1. The quantitative estimate of drug-likeness (QED) is 0.755. The fourth-order valence-electron chi connectivity index (χ4n) is 1.27. The van der Waals surface area contributed by atoms with Crippen LogP contribution in [0.4, 0.5) is 10.1 Å². The molecule has 0 unspecified atom stereocenters. The van der Waals surface area contributed by atoms with Gasteiger partial charge in [0.05, 0.1) is 4.34 Å². The molecule has 0 aliphatic carbocycles. The maximum Gasteiger partial charge on any atom is 0.133 e. The summed E-state index contributed by atoms with van der Waals surface area (Å²) in [4.78, 5) is 0. The highest BCUT2D eigenvalue weighted by molar-refractivity contribution is 7.20. The molecule has 0 aliphatic rings. The number of benzene rings is 1. The van der Waals surface area contributed by atoms with E-state index < -0.39 is 5.82 Å². The highest BCUT2D eigenvalue weighted by Gasteiger charge is 2.12. The molecule has 0 atom stereocenters. The molecule has 1 aromatic heterocycles. The van der Waals surface area contributed by atoms with Crippen molar-refractivity contribution in [2.45, 2.75) is 0 Å². The predicted molar refractivity (Wildman–Crippen MR) is 64.1 cm³/mol. The second-order valence-electron chi connectivity index (χ2n) is 2.98. The van der Waals surface area contributed by atoms with Gasteiger partial charge in [-0.05, 0) is 24.3 Å². The number of hydrogen-bond donors (Lipinski definition) is 1. The molecule has 0 saturated carbocycles. The van der Waals surface area contributed by atoms with Crippen LogP contribution in [-0.4, -0.2) is 0 Å². The van der Waals surface area contributed by atoms with Crippen molar-refractivity contribution in [2.24, 2.45) is 0 Å². The first-order chi connectivity index (χ1) is 7.08. The van der Waals surface area contributed by atoms with E-state index in [9.17, 15) is 4.39 Å². The summed E-state index contributed by atoms with van der Waals surface area (Å²) >= 11 is 12.9. The zero-order valence-electron chi connectivity index (χ0n) is 7.43. The first-order valence-corrected chi connectivity index (χ1v) is 5.65. The average Bonchev–Trinajstić information content (AvgIpc) is 2.45. The van der Waals surface area contributed by atoms with Gasteiger partial charge < -0.3 is 5.73 Å².